The van der Waals surface area contributed by atoms with E-state index >= 15 is 0 Å². The van der Waals surface area contributed by atoms with Gasteiger partial charge in [0.2, 0.25) is 0 Å². The number of hydrogen-bond donors (Lipinski definition) is 3. The normalized spacial score (nSPS) is 14.2. The Balaban J connectivity index is 1.22. The topological polar surface area (TPSA) is 106 Å². The molecular weight excluding hydrogens is 445 g/mol. The number of hydrogen-bond acceptors (Lipinski definition) is 5. The van der Waals surface area contributed by atoms with Crippen LogP contribution in [0, 0.1) is 5.82 Å². The molecule has 1 aliphatic rings. The van der Waals surface area contributed by atoms with Crippen molar-refractivity contribution in [2.45, 2.75) is 31.8 Å². The molecule has 5 N–H and O–H groups in total. The maximum absolute atomic E-state index is 14.3. The van der Waals surface area contributed by atoms with Crippen LogP contribution in [-0.2, 0) is 17.9 Å². The predicted octanol–water partition coefficient (Wildman–Crippen LogP) is 3.05. The van der Waals surface area contributed by atoms with Crippen LogP contribution in [0.15, 0.2) is 61.1 Å². The number of carbonyl (C=O) groups is 1. The molecule has 4 heterocycles. The number of nitrogens with one attached hydrogen (secondary N) is 1. The minimum absolute atomic E-state index is 0.0140. The summed E-state index contributed by atoms with van der Waals surface area (Å²) in [6.45, 7) is 0.365. The van der Waals surface area contributed by atoms with Crippen molar-refractivity contribution in [1.29, 1.82) is 0 Å². The highest BCUT2D eigenvalue weighted by Gasteiger charge is 2.23. The molecule has 0 saturated heterocycles. The van der Waals surface area contributed by atoms with Gasteiger partial charge in [0.15, 0.2) is 5.82 Å². The Hall–Kier alpha value is -3.56. The van der Waals surface area contributed by atoms with Crippen molar-refractivity contribution >= 4 is 28.5 Å². The standard InChI is InChI=1S/C23H23ClFN7O/c24-18-5-6-30-13-29-20(22(30)21(18)25)8-28-23(33)19(26)12-32(27)10-14-7-17-4-3-16(15-1-2-15)11-31(17)9-14/h3-7,9,11-13,15H,1-2,8,10,26-27H2,(H,28,33)/b19-12-. The SMILES string of the molecule is N/C(=C\N(N)Cc1cc2ccc(C3CC3)cn2c1)C(=O)NCc1ncn2ccc(Cl)c(F)c12. The number of nitrogens with zero attached hydrogens (tertiary/aromatic N) is 4. The Morgan fingerprint density at radius 2 is 2.12 bits per heavy atom. The maximum Gasteiger partial charge on any atom is 0.269 e. The number of carbonyl (C=O) groups excluding carboxylic acids is 1. The first-order chi connectivity index (χ1) is 15.9. The molecule has 1 amide bonds. The van der Waals surface area contributed by atoms with E-state index in [0.29, 0.717) is 18.2 Å². The molecule has 10 heteroatoms. The summed E-state index contributed by atoms with van der Waals surface area (Å²) in [5, 5.41) is 3.97. The van der Waals surface area contributed by atoms with E-state index in [0.717, 1.165) is 11.1 Å². The van der Waals surface area contributed by atoms with Gasteiger partial charge in [-0.25, -0.2) is 15.2 Å². The van der Waals surface area contributed by atoms with Crippen molar-refractivity contribution in [2.24, 2.45) is 11.6 Å². The third-order valence-electron chi connectivity index (χ3n) is 5.74. The lowest BCUT2D eigenvalue weighted by atomic mass is 10.2. The van der Waals surface area contributed by atoms with Crippen molar-refractivity contribution in [2.75, 3.05) is 0 Å². The van der Waals surface area contributed by atoms with Crippen LogP contribution in [-0.4, -0.2) is 24.7 Å². The zero-order chi connectivity index (χ0) is 23.1. The van der Waals surface area contributed by atoms with Gasteiger partial charge in [0.05, 0.1) is 30.1 Å². The van der Waals surface area contributed by atoms with E-state index in [1.54, 1.807) is 6.20 Å². The summed E-state index contributed by atoms with van der Waals surface area (Å²) < 4.78 is 17.9. The molecule has 1 fully saturated rings. The van der Waals surface area contributed by atoms with Crippen LogP contribution in [0.4, 0.5) is 4.39 Å². The fourth-order valence-corrected chi connectivity index (χ4v) is 4.05. The molecule has 0 spiro atoms. The molecule has 4 aromatic heterocycles. The largest absolute Gasteiger partial charge is 0.393 e. The van der Waals surface area contributed by atoms with Gasteiger partial charge in [0, 0.05) is 30.3 Å². The maximum atomic E-state index is 14.3. The number of rotatable bonds is 7. The zero-order valence-corrected chi connectivity index (χ0v) is 18.5. The second-order valence-electron chi connectivity index (χ2n) is 8.28. The zero-order valence-electron chi connectivity index (χ0n) is 17.7. The van der Waals surface area contributed by atoms with Gasteiger partial charge in [-0.2, -0.15) is 0 Å². The number of pyridine rings is 2. The van der Waals surface area contributed by atoms with Gasteiger partial charge in [0.25, 0.3) is 5.91 Å². The van der Waals surface area contributed by atoms with Crippen LogP contribution in [0.25, 0.3) is 11.0 Å². The van der Waals surface area contributed by atoms with E-state index in [4.69, 9.17) is 23.2 Å². The number of amides is 1. The summed E-state index contributed by atoms with van der Waals surface area (Å²) in [5.41, 5.74) is 9.81. The number of nitrogens with two attached hydrogens (primary N) is 2. The van der Waals surface area contributed by atoms with Crippen LogP contribution in [0.1, 0.15) is 35.6 Å². The number of aromatic nitrogens is 3. The molecule has 0 aliphatic heterocycles. The number of hydrazine groups is 1. The third-order valence-corrected chi connectivity index (χ3v) is 6.03. The lowest BCUT2D eigenvalue weighted by Gasteiger charge is -2.14. The average Bonchev–Trinajstić information content (AvgIpc) is 3.43. The van der Waals surface area contributed by atoms with E-state index in [1.165, 1.54) is 46.4 Å². The lowest BCUT2D eigenvalue weighted by molar-refractivity contribution is -0.117. The van der Waals surface area contributed by atoms with Gasteiger partial charge in [-0.05, 0) is 48.1 Å². The Morgan fingerprint density at radius 3 is 2.91 bits per heavy atom. The first-order valence-electron chi connectivity index (χ1n) is 10.6. The van der Waals surface area contributed by atoms with Crippen LogP contribution in [0.5, 0.6) is 0 Å². The smallest absolute Gasteiger partial charge is 0.269 e. The van der Waals surface area contributed by atoms with Gasteiger partial charge in [-0.3, -0.25) is 4.79 Å². The highest BCUT2D eigenvalue weighted by Crippen LogP contribution is 2.40. The Bertz CT molecular complexity index is 1390. The highest BCUT2D eigenvalue weighted by molar-refractivity contribution is 6.31. The van der Waals surface area contributed by atoms with E-state index in [2.05, 4.69) is 33.0 Å². The molecule has 170 valence electrons. The molecule has 0 radical (unpaired) electrons. The van der Waals surface area contributed by atoms with Crippen molar-refractivity contribution in [1.82, 2.24) is 24.1 Å². The first-order valence-corrected chi connectivity index (χ1v) is 10.9. The van der Waals surface area contributed by atoms with Crippen LogP contribution in [0.2, 0.25) is 5.02 Å². The molecule has 0 aromatic carbocycles. The van der Waals surface area contributed by atoms with Crippen molar-refractivity contribution in [3.8, 4) is 0 Å². The Kier molecular flexibility index (Phi) is 5.43. The van der Waals surface area contributed by atoms with E-state index < -0.39 is 11.7 Å². The fourth-order valence-electron chi connectivity index (χ4n) is 3.90. The van der Waals surface area contributed by atoms with E-state index in [1.807, 2.05) is 12.3 Å². The van der Waals surface area contributed by atoms with Crippen molar-refractivity contribution < 1.29 is 9.18 Å². The first kappa shape index (κ1) is 21.3. The predicted molar refractivity (Wildman–Crippen MR) is 123 cm³/mol. The second kappa shape index (κ2) is 8.42. The molecule has 0 bridgehead atoms. The molecule has 0 atom stereocenters. The van der Waals surface area contributed by atoms with Crippen LogP contribution in [0.3, 0.4) is 0 Å². The lowest BCUT2D eigenvalue weighted by Crippen LogP contribution is -2.32. The summed E-state index contributed by atoms with van der Waals surface area (Å²) in [5.74, 6) is 5.61. The summed E-state index contributed by atoms with van der Waals surface area (Å²) >= 11 is 5.85. The summed E-state index contributed by atoms with van der Waals surface area (Å²) in [7, 11) is 0. The molecule has 33 heavy (non-hydrogen) atoms. The van der Waals surface area contributed by atoms with Gasteiger partial charge < -0.3 is 24.9 Å². The van der Waals surface area contributed by atoms with Gasteiger partial charge >= 0.3 is 0 Å². The molecule has 4 aromatic rings. The minimum Gasteiger partial charge on any atom is -0.393 e. The summed E-state index contributed by atoms with van der Waals surface area (Å²) in [6.07, 6.45) is 11.1. The monoisotopic (exact) mass is 467 g/mol. The molecule has 5 rings (SSSR count). The highest BCUT2D eigenvalue weighted by atomic mass is 35.5. The molecule has 0 unspecified atom stereocenters. The average molecular weight is 468 g/mol. The fraction of sp³-hybridized carbons (Fsp3) is 0.217. The van der Waals surface area contributed by atoms with E-state index in [-0.39, 0.29) is 22.8 Å². The van der Waals surface area contributed by atoms with Crippen molar-refractivity contribution in [3.05, 3.63) is 88.7 Å². The second-order valence-corrected chi connectivity index (χ2v) is 8.69. The summed E-state index contributed by atoms with van der Waals surface area (Å²) in [6, 6.07) is 7.75. The Labute approximate surface area is 194 Å². The molecule has 1 aliphatic carbocycles. The molecule has 8 nitrogen and oxygen atoms in total. The third kappa shape index (κ3) is 4.37. The Morgan fingerprint density at radius 1 is 1.30 bits per heavy atom. The van der Waals surface area contributed by atoms with Crippen LogP contribution >= 0.6 is 11.6 Å². The van der Waals surface area contributed by atoms with Crippen LogP contribution < -0.4 is 16.9 Å². The quantitative estimate of drug-likeness (QED) is 0.220. The minimum atomic E-state index is -0.596. The van der Waals surface area contributed by atoms with Gasteiger partial charge in [-0.15, -0.1) is 0 Å². The number of imidazole rings is 1. The number of halogens is 2. The molecule has 1 saturated carbocycles. The number of fused-ring (bicyclic) bond motifs is 2. The molecular formula is C23H23ClFN7O. The summed E-state index contributed by atoms with van der Waals surface area (Å²) in [4.78, 5) is 16.6. The van der Waals surface area contributed by atoms with Gasteiger partial charge in [-0.1, -0.05) is 17.7 Å². The van der Waals surface area contributed by atoms with Crippen molar-refractivity contribution in [3.63, 3.8) is 0 Å². The van der Waals surface area contributed by atoms with E-state index in [9.17, 15) is 9.18 Å². The van der Waals surface area contributed by atoms with Gasteiger partial charge in [0.1, 0.15) is 11.2 Å².